The lowest BCUT2D eigenvalue weighted by Crippen LogP contribution is -2.41. The van der Waals surface area contributed by atoms with Gasteiger partial charge in [0.2, 0.25) is 5.95 Å². The first-order chi connectivity index (χ1) is 14.9. The van der Waals surface area contributed by atoms with Crippen molar-refractivity contribution >= 4 is 51.6 Å². The fourth-order valence-corrected chi connectivity index (χ4v) is 4.14. The molecular formula is C21H19B3N6O. The van der Waals surface area contributed by atoms with E-state index in [9.17, 15) is 0 Å². The van der Waals surface area contributed by atoms with Crippen LogP contribution >= 0.6 is 0 Å². The van der Waals surface area contributed by atoms with E-state index in [1.54, 1.807) is 12.4 Å². The molecule has 1 aromatic carbocycles. The highest BCUT2D eigenvalue weighted by Gasteiger charge is 2.25. The summed E-state index contributed by atoms with van der Waals surface area (Å²) in [5, 5.41) is 2.79. The number of aromatic amines is 1. The van der Waals surface area contributed by atoms with E-state index in [-0.39, 0.29) is 12.1 Å². The Morgan fingerprint density at radius 1 is 1.00 bits per heavy atom. The van der Waals surface area contributed by atoms with Gasteiger partial charge in [-0.3, -0.25) is 9.97 Å². The average molecular weight is 404 g/mol. The topological polar surface area (TPSA) is 88.6 Å². The van der Waals surface area contributed by atoms with Gasteiger partial charge in [-0.25, -0.2) is 4.98 Å². The molecule has 3 heterocycles. The van der Waals surface area contributed by atoms with Crippen LogP contribution in [0.5, 0.6) is 0 Å². The molecule has 0 spiro atoms. The largest absolute Gasteiger partial charge is 0.400 e. The number of nitrogens with zero attached hydrogens (tertiary/aromatic N) is 4. The molecule has 0 amide bonds. The van der Waals surface area contributed by atoms with Crippen LogP contribution in [0.15, 0.2) is 43.0 Å². The fourth-order valence-electron chi connectivity index (χ4n) is 4.14. The van der Waals surface area contributed by atoms with E-state index in [0.29, 0.717) is 5.95 Å². The summed E-state index contributed by atoms with van der Waals surface area (Å²) in [4.78, 5) is 21.2. The highest BCUT2D eigenvalue weighted by atomic mass is 16.5. The second-order valence-corrected chi connectivity index (χ2v) is 8.01. The highest BCUT2D eigenvalue weighted by molar-refractivity contribution is 6.58. The van der Waals surface area contributed by atoms with Crippen molar-refractivity contribution < 1.29 is 4.74 Å². The summed E-state index contributed by atoms with van der Waals surface area (Å²) >= 11 is 0. The van der Waals surface area contributed by atoms with Crippen LogP contribution in [0.25, 0.3) is 33.2 Å². The Hall–Kier alpha value is -2.87. The van der Waals surface area contributed by atoms with E-state index < -0.39 is 5.30 Å². The number of rotatable bonds is 5. The van der Waals surface area contributed by atoms with Crippen LogP contribution < -0.4 is 5.32 Å². The quantitative estimate of drug-likeness (QED) is 0.497. The van der Waals surface area contributed by atoms with Crippen molar-refractivity contribution in [3.05, 3.63) is 43.0 Å². The minimum absolute atomic E-state index is 0.0287. The van der Waals surface area contributed by atoms with E-state index in [4.69, 9.17) is 28.3 Å². The maximum absolute atomic E-state index is 5.54. The molecule has 10 heteroatoms. The van der Waals surface area contributed by atoms with Gasteiger partial charge in [0.1, 0.15) is 5.65 Å². The molecule has 6 radical (unpaired) electrons. The molecule has 0 bridgehead atoms. The first-order valence-electron chi connectivity index (χ1n) is 10.3. The Morgan fingerprint density at radius 2 is 1.77 bits per heavy atom. The molecule has 7 nitrogen and oxygen atoms in total. The number of H-pyrrole nitrogens is 1. The Morgan fingerprint density at radius 3 is 2.55 bits per heavy atom. The number of ether oxygens (including phenoxy) is 1. The maximum atomic E-state index is 5.54. The summed E-state index contributed by atoms with van der Waals surface area (Å²) in [6.07, 6.45) is 10.6. The van der Waals surface area contributed by atoms with Crippen LogP contribution in [0.1, 0.15) is 25.7 Å². The third kappa shape index (κ3) is 4.44. The fraction of sp³-hybridized carbons (Fsp3) is 0.333. The number of hydrogen-bond donors (Lipinski definition) is 2. The zero-order valence-corrected chi connectivity index (χ0v) is 17.0. The molecule has 31 heavy (non-hydrogen) atoms. The molecule has 5 rings (SSSR count). The van der Waals surface area contributed by atoms with Gasteiger partial charge in [-0.2, -0.15) is 4.98 Å². The number of anilines is 1. The molecular weight excluding hydrogens is 385 g/mol. The van der Waals surface area contributed by atoms with Crippen LogP contribution in [0.4, 0.5) is 5.95 Å². The molecule has 0 aliphatic heterocycles. The van der Waals surface area contributed by atoms with Crippen molar-refractivity contribution in [1.29, 1.82) is 0 Å². The van der Waals surface area contributed by atoms with Crippen molar-refractivity contribution in [1.82, 2.24) is 24.9 Å². The highest BCUT2D eigenvalue weighted by Crippen LogP contribution is 2.30. The number of benzene rings is 1. The molecule has 148 valence electrons. The van der Waals surface area contributed by atoms with Crippen molar-refractivity contribution in [3.8, 4) is 11.1 Å². The van der Waals surface area contributed by atoms with E-state index in [1.165, 1.54) is 0 Å². The van der Waals surface area contributed by atoms with Crippen molar-refractivity contribution in [2.75, 3.05) is 5.32 Å². The third-order valence-corrected chi connectivity index (χ3v) is 5.59. The standard InChI is InChI=1S/C21H19B3N6O/c22-21(23,24)31-14-4-2-13(3-5-14)29-20-28-11-16-15(10-27-19(16)30-20)12-1-6-17-18(9-12)26-8-7-25-17/h1,6-11,13-14H,2-5H2,(H2,27,28,29,30). The molecule has 1 fully saturated rings. The van der Waals surface area contributed by atoms with Gasteiger partial charge in [0.25, 0.3) is 0 Å². The lowest BCUT2D eigenvalue weighted by atomic mass is 9.52. The van der Waals surface area contributed by atoms with Gasteiger partial charge in [-0.15, -0.1) is 0 Å². The minimum Gasteiger partial charge on any atom is -0.400 e. The van der Waals surface area contributed by atoms with Gasteiger partial charge in [-0.05, 0) is 48.7 Å². The summed E-state index contributed by atoms with van der Waals surface area (Å²) in [5.74, 6) is 0.598. The summed E-state index contributed by atoms with van der Waals surface area (Å²) in [6.45, 7) is 0. The molecule has 1 aliphatic carbocycles. The van der Waals surface area contributed by atoms with Gasteiger partial charge < -0.3 is 15.0 Å². The second-order valence-electron chi connectivity index (χ2n) is 8.01. The second kappa shape index (κ2) is 8.00. The van der Waals surface area contributed by atoms with Gasteiger partial charge in [0.05, 0.1) is 40.7 Å². The monoisotopic (exact) mass is 404 g/mol. The Kier molecular flexibility index (Phi) is 5.18. The first kappa shape index (κ1) is 20.1. The number of fused-ring (bicyclic) bond motifs is 2. The van der Waals surface area contributed by atoms with Gasteiger partial charge in [0, 0.05) is 41.8 Å². The van der Waals surface area contributed by atoms with Crippen LogP contribution in [0.2, 0.25) is 0 Å². The lowest BCUT2D eigenvalue weighted by molar-refractivity contribution is 0.0202. The molecule has 2 N–H and O–H groups in total. The number of aromatic nitrogens is 5. The van der Waals surface area contributed by atoms with Gasteiger partial charge in [0.15, 0.2) is 0 Å². The number of hydrogen-bond acceptors (Lipinski definition) is 6. The molecule has 3 aromatic heterocycles. The lowest BCUT2D eigenvalue weighted by Gasteiger charge is -2.34. The van der Waals surface area contributed by atoms with Crippen molar-refractivity contribution in [3.63, 3.8) is 0 Å². The summed E-state index contributed by atoms with van der Waals surface area (Å²) in [7, 11) is 16.6. The predicted molar refractivity (Wildman–Crippen MR) is 123 cm³/mol. The average Bonchev–Trinajstić information content (AvgIpc) is 3.17. The Bertz CT molecular complexity index is 1220. The van der Waals surface area contributed by atoms with Crippen LogP contribution in [-0.4, -0.2) is 65.9 Å². The number of nitrogens with one attached hydrogen (secondary N) is 2. The smallest absolute Gasteiger partial charge is 0.224 e. The van der Waals surface area contributed by atoms with Crippen LogP contribution in [0.3, 0.4) is 0 Å². The molecule has 0 atom stereocenters. The van der Waals surface area contributed by atoms with Gasteiger partial charge >= 0.3 is 0 Å². The van der Waals surface area contributed by atoms with Crippen LogP contribution in [0, 0.1) is 0 Å². The Labute approximate surface area is 184 Å². The molecule has 0 unspecified atom stereocenters. The zero-order chi connectivity index (χ0) is 21.4. The van der Waals surface area contributed by atoms with E-state index in [1.807, 2.05) is 30.6 Å². The van der Waals surface area contributed by atoms with Crippen molar-refractivity contribution in [2.24, 2.45) is 0 Å². The van der Waals surface area contributed by atoms with Crippen molar-refractivity contribution in [2.45, 2.75) is 43.1 Å². The Balaban J connectivity index is 1.30. The van der Waals surface area contributed by atoms with E-state index in [0.717, 1.165) is 58.9 Å². The zero-order valence-electron chi connectivity index (χ0n) is 17.0. The summed E-state index contributed by atoms with van der Waals surface area (Å²) < 4.78 is 5.47. The van der Waals surface area contributed by atoms with E-state index >= 15 is 0 Å². The SMILES string of the molecule is [B]C([B])([B])OC1CCC(Nc2ncc3c(-c4ccc5nccnc5c4)c[nH]c3n2)CC1. The minimum atomic E-state index is -1.58. The van der Waals surface area contributed by atoms with Crippen LogP contribution in [-0.2, 0) is 4.74 Å². The van der Waals surface area contributed by atoms with E-state index in [2.05, 4.69) is 30.2 Å². The van der Waals surface area contributed by atoms with Gasteiger partial charge in [-0.1, -0.05) is 6.07 Å². The maximum Gasteiger partial charge on any atom is 0.224 e. The molecule has 1 aliphatic rings. The normalized spacial score (nSPS) is 19.6. The first-order valence-corrected chi connectivity index (χ1v) is 10.3. The molecule has 1 saturated carbocycles. The molecule has 0 saturated heterocycles. The third-order valence-electron chi connectivity index (χ3n) is 5.59. The summed E-state index contributed by atoms with van der Waals surface area (Å²) in [5.41, 5.74) is 4.56. The predicted octanol–water partition coefficient (Wildman–Crippen LogP) is 2.42. The summed E-state index contributed by atoms with van der Waals surface area (Å²) in [6, 6.07) is 6.28. The molecule has 4 aromatic rings.